The smallest absolute Gasteiger partial charge is 0.0166 e. The summed E-state index contributed by atoms with van der Waals surface area (Å²) in [5, 5.41) is 0. The van der Waals surface area contributed by atoms with Crippen LogP contribution >= 0.6 is 0 Å². The van der Waals surface area contributed by atoms with Gasteiger partial charge in [0, 0.05) is 44.2 Å². The van der Waals surface area contributed by atoms with Gasteiger partial charge in [-0.15, -0.1) is 29.3 Å². The Bertz CT molecular complexity index is 604. The molecule has 0 fully saturated rings. The maximum Gasteiger partial charge on any atom is 0.0166 e. The van der Waals surface area contributed by atoms with E-state index in [1.54, 1.807) is 0 Å². The average molecular weight is 369 g/mol. The van der Waals surface area contributed by atoms with Gasteiger partial charge in [0.1, 0.15) is 0 Å². The maximum atomic E-state index is 6.06. The van der Waals surface area contributed by atoms with Crippen molar-refractivity contribution in [1.29, 1.82) is 0 Å². The Hall–Kier alpha value is -0.656. The van der Waals surface area contributed by atoms with E-state index >= 15 is 0 Å². The first kappa shape index (κ1) is 19.4. The van der Waals surface area contributed by atoms with E-state index in [1.165, 1.54) is 11.1 Å². The molecule has 2 aromatic rings. The zero-order valence-electron chi connectivity index (χ0n) is 14.4. The summed E-state index contributed by atoms with van der Waals surface area (Å²) in [5.41, 5.74) is 2.58. The molecule has 2 rings (SSSR count). The van der Waals surface area contributed by atoms with Crippen LogP contribution in [0.4, 0.5) is 0 Å². The number of hydrogen-bond acceptors (Lipinski definition) is 1. The van der Waals surface area contributed by atoms with E-state index < -0.39 is 0 Å². The first-order valence-corrected chi connectivity index (χ1v) is 7.40. The molecular weight excluding hydrogens is 345 g/mol. The quantitative estimate of drug-likeness (QED) is 0.620. The molecule has 0 amide bonds. The van der Waals surface area contributed by atoms with Crippen LogP contribution in [0.5, 0.6) is 11.5 Å². The summed E-state index contributed by atoms with van der Waals surface area (Å²) >= 11 is 0. The third-order valence-corrected chi connectivity index (χ3v) is 3.41. The van der Waals surface area contributed by atoms with E-state index in [4.69, 9.17) is 4.74 Å². The van der Waals surface area contributed by atoms with E-state index in [0.717, 1.165) is 11.5 Å². The van der Waals surface area contributed by atoms with Gasteiger partial charge in [-0.25, -0.2) is 0 Å². The molecule has 0 atom stereocenters. The molecule has 0 unspecified atom stereocenters. The fraction of sp³-hybridized carbons (Fsp3) is 0.400. The summed E-state index contributed by atoms with van der Waals surface area (Å²) < 4.78 is 6.06. The van der Waals surface area contributed by atoms with E-state index in [0.29, 0.717) is 0 Å². The van der Waals surface area contributed by atoms with E-state index in [1.807, 2.05) is 30.3 Å². The topological polar surface area (TPSA) is 9.23 Å². The Balaban J connectivity index is 0.00000242. The first-order valence-electron chi connectivity index (χ1n) is 7.40. The van der Waals surface area contributed by atoms with Crippen LogP contribution in [0.3, 0.4) is 0 Å². The summed E-state index contributed by atoms with van der Waals surface area (Å²) in [4.78, 5) is 0. The van der Waals surface area contributed by atoms with Crippen molar-refractivity contribution in [3.63, 3.8) is 0 Å². The van der Waals surface area contributed by atoms with Crippen molar-refractivity contribution >= 4 is 0 Å². The standard InChI is InChI=1S/C20H24O.Y/c1-19(2,3)16-13-10-14-17(18(16)20(4,5)6)21-15-11-8-7-9-12-15;/h7-11,13H,1-6H3;/q-2;. The van der Waals surface area contributed by atoms with Crippen molar-refractivity contribution in [1.82, 2.24) is 0 Å². The molecule has 1 nitrogen and oxygen atoms in total. The fourth-order valence-corrected chi connectivity index (χ4v) is 2.48. The third-order valence-electron chi connectivity index (χ3n) is 3.41. The molecule has 1 radical (unpaired) electrons. The molecular formula is C20H24OY-2. The second kappa shape index (κ2) is 7.28. The molecule has 0 N–H and O–H groups in total. The minimum absolute atomic E-state index is 0. The largest absolute Gasteiger partial charge is 0.509 e. The number of rotatable bonds is 2. The first-order chi connectivity index (χ1) is 9.69. The second-order valence-electron chi connectivity index (χ2n) is 7.42. The van der Waals surface area contributed by atoms with Gasteiger partial charge in [-0.3, -0.25) is 0 Å². The Morgan fingerprint density at radius 2 is 1.50 bits per heavy atom. The van der Waals surface area contributed by atoms with Crippen LogP contribution in [0.25, 0.3) is 0 Å². The summed E-state index contributed by atoms with van der Waals surface area (Å²) in [6.45, 7) is 13.3. The molecule has 0 aliphatic carbocycles. The van der Waals surface area contributed by atoms with Crippen LogP contribution < -0.4 is 4.74 Å². The summed E-state index contributed by atoms with van der Waals surface area (Å²) in [6.07, 6.45) is 0. The minimum atomic E-state index is -0.00944. The Labute approximate surface area is 160 Å². The molecule has 0 aliphatic rings. The van der Waals surface area contributed by atoms with Crippen molar-refractivity contribution in [3.8, 4) is 11.5 Å². The van der Waals surface area contributed by atoms with Crippen molar-refractivity contribution in [2.75, 3.05) is 0 Å². The van der Waals surface area contributed by atoms with Gasteiger partial charge in [0.25, 0.3) is 0 Å². The van der Waals surface area contributed by atoms with Gasteiger partial charge in [0.15, 0.2) is 0 Å². The minimum Gasteiger partial charge on any atom is -0.509 e. The molecule has 0 bridgehead atoms. The predicted molar refractivity (Wildman–Crippen MR) is 88.0 cm³/mol. The van der Waals surface area contributed by atoms with Gasteiger partial charge >= 0.3 is 0 Å². The number of hydrogen-bond donors (Lipinski definition) is 0. The fourth-order valence-electron chi connectivity index (χ4n) is 2.48. The third kappa shape index (κ3) is 4.67. The number of benzene rings is 2. The van der Waals surface area contributed by atoms with Gasteiger partial charge < -0.3 is 4.74 Å². The van der Waals surface area contributed by atoms with Gasteiger partial charge in [-0.1, -0.05) is 47.0 Å². The van der Waals surface area contributed by atoms with Crippen molar-refractivity contribution < 1.29 is 37.4 Å². The van der Waals surface area contributed by atoms with Crippen molar-refractivity contribution in [2.45, 2.75) is 52.4 Å². The van der Waals surface area contributed by atoms with Crippen LogP contribution in [0.15, 0.2) is 36.4 Å². The monoisotopic (exact) mass is 369 g/mol. The molecule has 2 aromatic carbocycles. The summed E-state index contributed by atoms with van der Waals surface area (Å²) in [7, 11) is 0. The van der Waals surface area contributed by atoms with Gasteiger partial charge in [-0.05, 0) is 5.41 Å². The number of para-hydroxylation sites is 1. The van der Waals surface area contributed by atoms with Crippen molar-refractivity contribution in [2.24, 2.45) is 0 Å². The molecule has 115 valence electrons. The zero-order chi connectivity index (χ0) is 15.7. The summed E-state index contributed by atoms with van der Waals surface area (Å²) in [6, 6.07) is 18.2. The van der Waals surface area contributed by atoms with E-state index in [-0.39, 0.29) is 43.5 Å². The molecule has 2 heteroatoms. The summed E-state index contributed by atoms with van der Waals surface area (Å²) in [5.74, 6) is 1.53. The second-order valence-corrected chi connectivity index (χ2v) is 7.42. The SMILES string of the molecule is CC(C)(C)c1cc[c-]c(Oc2[c-]cccc2)c1C(C)(C)C.[Y]. The van der Waals surface area contributed by atoms with E-state index in [9.17, 15) is 0 Å². The molecule has 0 heterocycles. The molecule has 0 saturated heterocycles. The average Bonchev–Trinajstić information content (AvgIpc) is 2.37. The molecule has 0 saturated carbocycles. The zero-order valence-corrected chi connectivity index (χ0v) is 17.3. The van der Waals surface area contributed by atoms with E-state index in [2.05, 4.69) is 59.7 Å². The van der Waals surface area contributed by atoms with Gasteiger partial charge in [0.05, 0.1) is 0 Å². The number of ether oxygens (including phenoxy) is 1. The predicted octanol–water partition coefficient (Wildman–Crippen LogP) is 5.67. The Kier molecular flexibility index (Phi) is 6.41. The molecule has 0 aliphatic heterocycles. The molecule has 0 spiro atoms. The van der Waals surface area contributed by atoms with Crippen LogP contribution in [0.1, 0.15) is 52.7 Å². The maximum absolute atomic E-state index is 6.06. The Morgan fingerprint density at radius 3 is 2.00 bits per heavy atom. The van der Waals surface area contributed by atoms with Crippen molar-refractivity contribution in [3.05, 3.63) is 59.7 Å². The van der Waals surface area contributed by atoms with Gasteiger partial charge in [0.2, 0.25) is 0 Å². The van der Waals surface area contributed by atoms with Crippen LogP contribution in [-0.4, -0.2) is 0 Å². The normalized spacial score (nSPS) is 11.7. The van der Waals surface area contributed by atoms with Crippen LogP contribution in [-0.2, 0) is 43.5 Å². The van der Waals surface area contributed by atoms with Crippen LogP contribution in [0, 0.1) is 12.1 Å². The molecule has 22 heavy (non-hydrogen) atoms. The van der Waals surface area contributed by atoms with Gasteiger partial charge in [-0.2, -0.15) is 30.3 Å². The molecule has 0 aromatic heterocycles. The Morgan fingerprint density at radius 1 is 0.818 bits per heavy atom. The van der Waals surface area contributed by atoms with Crippen LogP contribution in [0.2, 0.25) is 0 Å².